The molecule has 712 valence electrons. The van der Waals surface area contributed by atoms with E-state index in [-0.39, 0.29) is 67.6 Å². The van der Waals surface area contributed by atoms with Crippen LogP contribution in [0.25, 0.3) is 88.1 Å². The first-order valence-electron chi connectivity index (χ1n) is 47.3. The molecule has 8 aromatic carbocycles. The van der Waals surface area contributed by atoms with Crippen LogP contribution < -0.4 is 36.5 Å². The van der Waals surface area contributed by atoms with Gasteiger partial charge in [0.15, 0.2) is 23.1 Å². The number of rotatable bonds is 37. The van der Waals surface area contributed by atoms with Crippen LogP contribution in [0.2, 0.25) is 0 Å². The van der Waals surface area contributed by atoms with Crippen LogP contribution in [0, 0.1) is 52.8 Å². The normalized spacial score (nSPS) is 13.4. The largest absolute Gasteiger partial charge is 0.496 e. The first-order chi connectivity index (χ1) is 65.4. The molecule has 4 fully saturated rings. The summed E-state index contributed by atoms with van der Waals surface area (Å²) in [5.41, 5.74) is 14.6. The number of benzene rings is 8. The highest BCUT2D eigenvalue weighted by Gasteiger charge is 2.37. The molecule has 136 heavy (non-hydrogen) atoms. The van der Waals surface area contributed by atoms with Gasteiger partial charge in [-0.3, -0.25) is 58.3 Å². The number of nitrogen functional groups attached to an aromatic ring is 1. The number of ether oxygens (including phenoxy) is 2. The van der Waals surface area contributed by atoms with Crippen LogP contribution in [-0.4, -0.2) is 107 Å². The second-order valence-corrected chi connectivity index (χ2v) is 35.5. The summed E-state index contributed by atoms with van der Waals surface area (Å²) in [6, 6.07) is 29.1. The molecule has 4 heterocycles. The van der Waals surface area contributed by atoms with E-state index in [1.54, 1.807) is 55.9 Å². The first-order valence-corrected chi connectivity index (χ1v) is 47.3. The monoisotopic (exact) mass is 1860 g/mol. The van der Waals surface area contributed by atoms with Crippen molar-refractivity contribution >= 4 is 96.1 Å². The fraction of sp³-hybridized carbons (Fsp3) is 0.376. The molecule has 6 N–H and O–H groups in total. The molecule has 16 rings (SSSR count). The zero-order valence-electron chi connectivity index (χ0n) is 78.2. The van der Waals surface area contributed by atoms with Crippen LogP contribution in [0.4, 0.5) is 40.8 Å². The van der Waals surface area contributed by atoms with E-state index in [0.29, 0.717) is 195 Å². The maximum atomic E-state index is 15.0. The number of nitrogens with zero attached hydrogens (tertiary/aromatic N) is 4. The van der Waals surface area contributed by atoms with Gasteiger partial charge in [-0.2, -0.15) is 13.2 Å². The number of unbranched alkanes of at least 4 members (excludes halogenated alkanes) is 4. The number of ketones is 4. The molecule has 27 heteroatoms. The van der Waals surface area contributed by atoms with Gasteiger partial charge >= 0.3 is 6.18 Å². The van der Waals surface area contributed by atoms with Gasteiger partial charge in [0.2, 0.25) is 0 Å². The Labute approximate surface area is 786 Å². The third kappa shape index (κ3) is 24.4. The van der Waals surface area contributed by atoms with Crippen LogP contribution in [-0.2, 0) is 25.4 Å². The van der Waals surface area contributed by atoms with Gasteiger partial charge < -0.3 is 36.5 Å². The number of pyridine rings is 4. The first kappa shape index (κ1) is 100. The highest BCUT2D eigenvalue weighted by Crippen LogP contribution is 2.46. The predicted molar refractivity (Wildman–Crippen MR) is 515 cm³/mol. The number of nitrogens with one attached hydrogen (secondary N) is 4. The lowest BCUT2D eigenvalue weighted by molar-refractivity contribution is -0.137. The summed E-state index contributed by atoms with van der Waals surface area (Å²) in [6.07, 6.45) is 20.5. The molecule has 4 aromatic heterocycles. The number of fused-ring (bicyclic) bond motifs is 4. The van der Waals surface area contributed by atoms with Gasteiger partial charge in [0.25, 0.3) is 23.6 Å². The zero-order valence-corrected chi connectivity index (χ0v) is 78.2. The molecular formula is C109H115F8N9O10. The highest BCUT2D eigenvalue weighted by molar-refractivity contribution is 6.10. The summed E-state index contributed by atoms with van der Waals surface area (Å²) in [4.78, 5) is 118. The Morgan fingerprint density at radius 2 is 0.610 bits per heavy atom. The number of anilines is 1. The zero-order chi connectivity index (χ0) is 97.3. The Bertz CT molecular complexity index is 6540. The topological polar surface area (TPSA) is 281 Å². The molecule has 19 nitrogen and oxygen atoms in total. The maximum absolute atomic E-state index is 15.0. The molecule has 12 aromatic rings. The molecule has 4 aliphatic rings. The van der Waals surface area contributed by atoms with E-state index in [1.807, 2.05) is 60.6 Å². The Morgan fingerprint density at radius 3 is 0.912 bits per heavy atom. The highest BCUT2D eigenvalue weighted by atomic mass is 19.4. The molecule has 0 spiro atoms. The third-order valence-corrected chi connectivity index (χ3v) is 25.3. The van der Waals surface area contributed by atoms with E-state index in [1.165, 1.54) is 80.2 Å². The molecule has 4 aliphatic carbocycles. The fourth-order valence-corrected chi connectivity index (χ4v) is 16.8. The van der Waals surface area contributed by atoms with E-state index >= 15 is 0 Å². The molecule has 0 unspecified atom stereocenters. The molecule has 0 atom stereocenters. The molecule has 4 saturated carbocycles. The van der Waals surface area contributed by atoms with E-state index in [9.17, 15) is 73.5 Å². The Kier molecular flexibility index (Phi) is 33.5. The average molecular weight is 1860 g/mol. The van der Waals surface area contributed by atoms with E-state index in [2.05, 4.69) is 41.2 Å². The maximum Gasteiger partial charge on any atom is 0.417 e. The number of nitrogens with two attached hydrogens (primary N) is 1. The van der Waals surface area contributed by atoms with Crippen LogP contribution in [0.3, 0.4) is 0 Å². The predicted octanol–water partition coefficient (Wildman–Crippen LogP) is 24.7. The fourth-order valence-electron chi connectivity index (χ4n) is 16.8. The van der Waals surface area contributed by atoms with E-state index < -0.39 is 64.5 Å². The van der Waals surface area contributed by atoms with Gasteiger partial charge in [0.1, 0.15) is 40.6 Å². The number of Topliss-reactive ketones (excluding diaryl/α,β-unsaturated/α-hetero) is 4. The number of aryl methyl sites for hydroxylation is 3. The van der Waals surface area contributed by atoms with Crippen molar-refractivity contribution in [3.8, 4) is 56.0 Å². The molecular weight excluding hydrogens is 1750 g/mol. The van der Waals surface area contributed by atoms with Crippen molar-refractivity contribution in [3.05, 3.63) is 242 Å². The number of alkyl halides is 3. The van der Waals surface area contributed by atoms with Crippen molar-refractivity contribution in [1.29, 1.82) is 0 Å². The van der Waals surface area contributed by atoms with Gasteiger partial charge in [0, 0.05) is 150 Å². The summed E-state index contributed by atoms with van der Waals surface area (Å²) in [7, 11) is 3.08. The Morgan fingerprint density at radius 1 is 0.338 bits per heavy atom. The van der Waals surface area contributed by atoms with Gasteiger partial charge in [-0.25, -0.2) is 22.0 Å². The second-order valence-electron chi connectivity index (χ2n) is 35.5. The SMILES string of the molecule is CCCCNC(=O)c1ccc(-c2cc3c(CC)c(C(=O)CC4CC4)cnc3cc2C(F)(F)F)cc1F.CCCCNC(=O)c1ccc(-c2cc3c(CC)c(C(=O)CC4CC4)cnc3cc2F)cc1F.CCCCNC(=O)c1ccc(-c2cc3c(CC)c(C(=O)CC4CC4)cnc3cc2OC)cc1F.CCCCNC(=O)c1ccc(-c2cc3c(N)c(C(=O)CC4CC4)cnc3cc2OC)cc1F. The second kappa shape index (κ2) is 45.4. The minimum atomic E-state index is -4.72. The van der Waals surface area contributed by atoms with Gasteiger partial charge in [-0.1, -0.05) is 98.4 Å². The van der Waals surface area contributed by atoms with Crippen LogP contribution in [0.1, 0.15) is 282 Å². The quantitative estimate of drug-likeness (QED) is 0.0137. The summed E-state index contributed by atoms with van der Waals surface area (Å²) in [5.74, 6) is -2.36. The van der Waals surface area contributed by atoms with Crippen LogP contribution >= 0.6 is 0 Å². The van der Waals surface area contributed by atoms with Crippen LogP contribution in [0.15, 0.2) is 146 Å². The number of halogens is 8. The number of methoxy groups -OCH3 is 2. The average Bonchev–Trinajstić information content (AvgIpc) is 0.883. The van der Waals surface area contributed by atoms with Crippen molar-refractivity contribution in [3.63, 3.8) is 0 Å². The van der Waals surface area contributed by atoms with Gasteiger partial charge in [-0.15, -0.1) is 0 Å². The molecule has 4 amide bonds. The lowest BCUT2D eigenvalue weighted by atomic mass is 9.91. The number of carbonyl (C=O) groups is 8. The number of carbonyl (C=O) groups excluding carboxylic acids is 8. The van der Waals surface area contributed by atoms with Crippen molar-refractivity contribution < 1.29 is 83.0 Å². The summed E-state index contributed by atoms with van der Waals surface area (Å²) >= 11 is 0. The lowest BCUT2D eigenvalue weighted by Crippen LogP contribution is -2.25. The van der Waals surface area contributed by atoms with Crippen LogP contribution in [0.5, 0.6) is 11.5 Å². The molecule has 0 saturated heterocycles. The molecule has 0 radical (unpaired) electrons. The number of hydrogen-bond donors (Lipinski definition) is 5. The smallest absolute Gasteiger partial charge is 0.417 e. The Balaban J connectivity index is 0.000000153. The van der Waals surface area contributed by atoms with E-state index in [0.717, 1.165) is 137 Å². The van der Waals surface area contributed by atoms with E-state index in [4.69, 9.17) is 15.2 Å². The summed E-state index contributed by atoms with van der Waals surface area (Å²) < 4.78 is 128. The van der Waals surface area contributed by atoms with Gasteiger partial charge in [0.05, 0.1) is 75.4 Å². The minimum absolute atomic E-state index is 0.00810. The van der Waals surface area contributed by atoms with Crippen molar-refractivity contribution in [2.75, 3.05) is 46.1 Å². The van der Waals surface area contributed by atoms with Crippen molar-refractivity contribution in [2.45, 2.75) is 202 Å². The minimum Gasteiger partial charge on any atom is -0.496 e. The molecule has 0 bridgehead atoms. The summed E-state index contributed by atoms with van der Waals surface area (Å²) in [5, 5.41) is 13.4. The Hall–Kier alpha value is -13.2. The molecule has 0 aliphatic heterocycles. The summed E-state index contributed by atoms with van der Waals surface area (Å²) in [6.45, 7) is 15.7. The van der Waals surface area contributed by atoms with Gasteiger partial charge in [-0.05, 0) is 243 Å². The number of aromatic nitrogens is 4. The number of hydrogen-bond acceptors (Lipinski definition) is 15. The standard InChI is InChI=1S/C28H28F4N2O2.C28H31FN2O3.C27H28F2N2O2.C26H28FN3O3/c1-3-5-10-33-27(36)19-9-8-17(12-24(19)29)20-13-21-18(4-2)22(26(35)11-16-6-7-16)15-34-25(21)14-23(20)28(30,31)32;1-4-6-11-30-28(33)20-10-9-18(13-24(20)29)21-14-22-19(5-2)23(26(32)12-17-7-8-17)16-31-25(22)15-27(21)34-3;1-3-5-10-30-27(33)19-9-8-17(12-23(19)28)20-13-21-18(4-2)22(26(32)11-16-6-7-16)15-31-25(21)14-24(20)29;1-3-4-9-29-26(32)17-8-7-16(11-21(17)27)18-12-19-22(13-24(18)33-2)30-14-20(25(19)28)23(31)10-15-5-6-15/h8-9,12-16H,3-7,10-11H2,1-2H3,(H,33,36);9-10,13-17H,4-8,11-12H2,1-3H3,(H,30,33);8-9,12-16H,3-7,10-11H2,1-2H3,(H,30,33);7-8,11-15H,3-6,9-10H2,1-2H3,(H2,28,30)(H,29,32). The van der Waals surface area contributed by atoms with Crippen molar-refractivity contribution in [2.24, 2.45) is 23.7 Å². The lowest BCUT2D eigenvalue weighted by Gasteiger charge is -2.17. The third-order valence-electron chi connectivity index (χ3n) is 25.3. The number of amides is 4. The van der Waals surface area contributed by atoms with Crippen molar-refractivity contribution in [1.82, 2.24) is 41.2 Å².